The Kier molecular flexibility index (Phi) is 17.6. The minimum atomic E-state index is -4.65. The summed E-state index contributed by atoms with van der Waals surface area (Å²) in [5.41, 5.74) is -0.404. The zero-order valence-corrected chi connectivity index (χ0v) is 43.8. The first-order valence-electron chi connectivity index (χ1n) is 25.0. The Bertz CT molecular complexity index is 3620. The molecule has 0 spiro atoms. The van der Waals surface area contributed by atoms with Gasteiger partial charge in [0.1, 0.15) is 79.2 Å². The molecule has 0 radical (unpaired) electrons. The van der Waals surface area contributed by atoms with Gasteiger partial charge in [-0.3, -0.25) is 19.6 Å². The van der Waals surface area contributed by atoms with E-state index < -0.39 is 58.1 Å². The second kappa shape index (κ2) is 24.9. The summed E-state index contributed by atoms with van der Waals surface area (Å²) in [6.45, 7) is 4.34. The van der Waals surface area contributed by atoms with E-state index in [-0.39, 0.29) is 41.7 Å². The molecule has 81 heavy (non-hydrogen) atoms. The molecule has 0 atom stereocenters. The zero-order chi connectivity index (χ0) is 57.4. The number of pyridine rings is 2. The predicted octanol–water partition coefficient (Wildman–Crippen LogP) is 13.7. The van der Waals surface area contributed by atoms with E-state index in [4.69, 9.17) is 54.2 Å². The second-order valence-corrected chi connectivity index (χ2v) is 18.5. The van der Waals surface area contributed by atoms with E-state index in [1.807, 2.05) is 6.92 Å². The lowest BCUT2D eigenvalue weighted by Crippen LogP contribution is -2.17. The van der Waals surface area contributed by atoms with Gasteiger partial charge in [0, 0.05) is 63.4 Å². The SMILES string of the molecule is CCOc1cc2nccc(Oc3ccc(CC(=O)Cc4ccc(Cl)c(C(F)(F)F)c4)c(F)c3)c2c2c1OCCO2.COCCOc1cc2nccc(Oc3ccc(CC(=O)Cc4cc(C(F)(F)F)ccc4F)cc3)c2c2c1OCCO2. The normalized spacial score (nSPS) is 12.8. The number of benzene rings is 6. The predicted molar refractivity (Wildman–Crippen MR) is 280 cm³/mol. The van der Waals surface area contributed by atoms with Crippen LogP contribution in [0.25, 0.3) is 21.8 Å². The lowest BCUT2D eigenvalue weighted by molar-refractivity contribution is -0.138. The van der Waals surface area contributed by atoms with Crippen LogP contribution in [-0.2, 0) is 52.4 Å². The van der Waals surface area contributed by atoms with Crippen molar-refractivity contribution in [3.63, 3.8) is 0 Å². The van der Waals surface area contributed by atoms with Gasteiger partial charge in [-0.05, 0) is 89.8 Å². The quantitative estimate of drug-likeness (QED) is 0.0594. The Labute approximate surface area is 462 Å². The molecule has 2 aromatic heterocycles. The van der Waals surface area contributed by atoms with Crippen LogP contribution in [0, 0.1) is 11.6 Å². The molecular formula is C59H47ClF8N2O11. The monoisotopic (exact) mass is 1150 g/mol. The van der Waals surface area contributed by atoms with E-state index in [0.29, 0.717) is 137 Å². The van der Waals surface area contributed by atoms with Crippen molar-refractivity contribution < 1.29 is 87.3 Å². The minimum Gasteiger partial charge on any atom is -0.490 e. The van der Waals surface area contributed by atoms with Crippen LogP contribution in [0.2, 0.25) is 5.02 Å². The third-order valence-corrected chi connectivity index (χ3v) is 12.8. The Hall–Kier alpha value is -8.43. The molecule has 0 bridgehead atoms. The molecule has 0 amide bonds. The standard InChI is InChI=1S/C30H25F4NO6.C29H22ClF4NO5/c1-37-10-11-38-26-17-24-27(29-28(26)39-12-13-40-29)25(8-9-35-24)41-22-5-2-18(3-6-22)14-21(36)16-19-15-20(30(32,33)34)4-7-23(19)31;1-2-37-25-15-23-26(28-27(25)38-9-10-39-28)24(7-8-35-23)40-19-5-4-17(22(31)14-19)13-18(36)11-16-3-6-21(30)20(12-16)29(32,33)34/h2-9,15,17H,10-14,16H2,1H3;3-8,12,14-15H,2,9-11,13H2,1H3. The van der Waals surface area contributed by atoms with Crippen LogP contribution in [0.15, 0.2) is 116 Å². The first kappa shape index (κ1) is 57.3. The van der Waals surface area contributed by atoms with Crippen molar-refractivity contribution in [3.05, 3.63) is 166 Å². The number of aromatic nitrogens is 2. The van der Waals surface area contributed by atoms with Crippen molar-refractivity contribution >= 4 is 45.0 Å². The van der Waals surface area contributed by atoms with E-state index in [1.165, 1.54) is 24.4 Å². The van der Waals surface area contributed by atoms with Gasteiger partial charge in [-0.2, -0.15) is 26.3 Å². The average Bonchev–Trinajstić information content (AvgIpc) is 3.60. The van der Waals surface area contributed by atoms with E-state index in [9.17, 15) is 44.7 Å². The number of hydrogen-bond donors (Lipinski definition) is 0. The van der Waals surface area contributed by atoms with Gasteiger partial charge in [0.15, 0.2) is 23.0 Å². The largest absolute Gasteiger partial charge is 0.490 e. The fraction of sp³-hybridized carbons (Fsp3) is 0.254. The number of Topliss-reactive ketones (excluding diaryl/α,β-unsaturated/α-hetero) is 2. The van der Waals surface area contributed by atoms with Crippen LogP contribution in [0.1, 0.15) is 40.3 Å². The summed E-state index contributed by atoms with van der Waals surface area (Å²) in [7, 11) is 1.58. The number of nitrogens with zero attached hydrogens (tertiary/aromatic N) is 2. The van der Waals surface area contributed by atoms with Crippen molar-refractivity contribution in [1.29, 1.82) is 0 Å². The summed E-state index contributed by atoms with van der Waals surface area (Å²) >= 11 is 5.64. The average molecular weight is 1150 g/mol. The van der Waals surface area contributed by atoms with Crippen LogP contribution < -0.4 is 37.9 Å². The summed E-state index contributed by atoms with van der Waals surface area (Å²) < 4.78 is 159. The highest BCUT2D eigenvalue weighted by atomic mass is 35.5. The summed E-state index contributed by atoms with van der Waals surface area (Å²) in [6.07, 6.45) is -7.31. The van der Waals surface area contributed by atoms with E-state index in [1.54, 1.807) is 61.8 Å². The maximum Gasteiger partial charge on any atom is 0.417 e. The van der Waals surface area contributed by atoms with E-state index in [0.717, 1.165) is 24.3 Å². The number of alkyl halides is 6. The fourth-order valence-electron chi connectivity index (χ4n) is 8.78. The number of carbonyl (C=O) groups excluding carboxylic acids is 2. The Balaban J connectivity index is 0.000000196. The number of halogens is 9. The van der Waals surface area contributed by atoms with Crippen molar-refractivity contribution in [1.82, 2.24) is 9.97 Å². The molecule has 0 unspecified atom stereocenters. The van der Waals surface area contributed by atoms with Crippen LogP contribution >= 0.6 is 11.6 Å². The van der Waals surface area contributed by atoms with Crippen LogP contribution in [0.4, 0.5) is 35.1 Å². The molecule has 0 saturated heterocycles. The molecule has 13 nitrogen and oxygen atoms in total. The summed E-state index contributed by atoms with van der Waals surface area (Å²) in [4.78, 5) is 33.9. The van der Waals surface area contributed by atoms with Crippen molar-refractivity contribution in [2.75, 3.05) is 53.4 Å². The highest BCUT2D eigenvalue weighted by Crippen LogP contribution is 2.50. The number of ether oxygens (including phenoxy) is 9. The zero-order valence-electron chi connectivity index (χ0n) is 43.0. The molecular weight excluding hydrogens is 1100 g/mol. The summed E-state index contributed by atoms with van der Waals surface area (Å²) in [5, 5.41) is 0.673. The molecule has 4 heterocycles. The van der Waals surface area contributed by atoms with Crippen LogP contribution in [0.3, 0.4) is 0 Å². The molecule has 0 fully saturated rings. The number of methoxy groups -OCH3 is 1. The van der Waals surface area contributed by atoms with Crippen LogP contribution in [0.5, 0.6) is 57.5 Å². The van der Waals surface area contributed by atoms with Gasteiger partial charge >= 0.3 is 12.4 Å². The van der Waals surface area contributed by atoms with E-state index >= 15 is 0 Å². The fourth-order valence-corrected chi connectivity index (χ4v) is 9.00. The third-order valence-electron chi connectivity index (χ3n) is 12.4. The minimum absolute atomic E-state index is 0.0809. The summed E-state index contributed by atoms with van der Waals surface area (Å²) in [6, 6.07) is 22.7. The number of carbonyl (C=O) groups is 2. The van der Waals surface area contributed by atoms with Gasteiger partial charge in [-0.25, -0.2) is 8.78 Å². The summed E-state index contributed by atoms with van der Waals surface area (Å²) in [5.74, 6) is 1.70. The number of hydrogen-bond acceptors (Lipinski definition) is 13. The lowest BCUT2D eigenvalue weighted by atomic mass is 10.0. The van der Waals surface area contributed by atoms with Gasteiger partial charge in [0.2, 0.25) is 11.5 Å². The van der Waals surface area contributed by atoms with Gasteiger partial charge < -0.3 is 42.6 Å². The molecule has 6 aromatic carbocycles. The van der Waals surface area contributed by atoms with Crippen molar-refractivity contribution in [2.24, 2.45) is 0 Å². The lowest BCUT2D eigenvalue weighted by Gasteiger charge is -2.23. The number of ketones is 2. The van der Waals surface area contributed by atoms with Crippen molar-refractivity contribution in [3.8, 4) is 57.5 Å². The third kappa shape index (κ3) is 13.8. The van der Waals surface area contributed by atoms with E-state index in [2.05, 4.69) is 9.97 Å². The van der Waals surface area contributed by atoms with Crippen LogP contribution in [-0.4, -0.2) is 74.9 Å². The molecule has 2 aliphatic rings. The number of rotatable bonds is 18. The maximum absolute atomic E-state index is 15.0. The van der Waals surface area contributed by atoms with Gasteiger partial charge in [0.25, 0.3) is 0 Å². The second-order valence-electron chi connectivity index (χ2n) is 18.1. The smallest absolute Gasteiger partial charge is 0.417 e. The maximum atomic E-state index is 15.0. The highest BCUT2D eigenvalue weighted by molar-refractivity contribution is 6.31. The molecule has 10 rings (SSSR count). The first-order chi connectivity index (χ1) is 38.9. The molecule has 8 aromatic rings. The van der Waals surface area contributed by atoms with Gasteiger partial charge in [0.05, 0.1) is 51.2 Å². The van der Waals surface area contributed by atoms with Gasteiger partial charge in [-0.15, -0.1) is 0 Å². The topological polar surface area (TPSA) is 143 Å². The van der Waals surface area contributed by atoms with Gasteiger partial charge in [-0.1, -0.05) is 35.9 Å². The number of fused-ring (bicyclic) bond motifs is 6. The molecule has 0 saturated carbocycles. The molecule has 0 aliphatic carbocycles. The molecule has 22 heteroatoms. The molecule has 0 N–H and O–H groups in total. The Morgan fingerprint density at radius 2 is 1.09 bits per heavy atom. The Morgan fingerprint density at radius 1 is 0.543 bits per heavy atom. The Morgan fingerprint density at radius 3 is 1.65 bits per heavy atom. The van der Waals surface area contributed by atoms with Crippen molar-refractivity contribution in [2.45, 2.75) is 45.0 Å². The molecule has 422 valence electrons. The molecule has 2 aliphatic heterocycles. The highest BCUT2D eigenvalue weighted by Gasteiger charge is 2.34. The first-order valence-corrected chi connectivity index (χ1v) is 25.4.